The van der Waals surface area contributed by atoms with Gasteiger partial charge in [0.05, 0.1) is 29.8 Å². The third kappa shape index (κ3) is 17.8. The number of quaternary nitrogens is 1. The number of hydrogen-bond donors (Lipinski definition) is 1. The predicted octanol–water partition coefficient (Wildman–Crippen LogP) is 2.21. The average molecular weight is 322 g/mol. The van der Waals surface area contributed by atoms with Crippen molar-refractivity contribution in [1.29, 1.82) is 0 Å². The molecule has 0 spiro atoms. The van der Waals surface area contributed by atoms with Crippen molar-refractivity contribution < 1.29 is 17.9 Å². The van der Waals surface area contributed by atoms with Gasteiger partial charge in [0.2, 0.25) is 0 Å². The fraction of sp³-hybridized carbons (Fsp3) is 1.00. The highest BCUT2D eigenvalue weighted by Crippen LogP contribution is 2.08. The zero-order chi connectivity index (χ0) is 16.1. The van der Waals surface area contributed by atoms with Gasteiger partial charge >= 0.3 is 0 Å². The van der Waals surface area contributed by atoms with Crippen molar-refractivity contribution in [3.8, 4) is 0 Å². The van der Waals surface area contributed by atoms with Crippen LogP contribution in [0.4, 0.5) is 0 Å². The van der Waals surface area contributed by atoms with Gasteiger partial charge < -0.3 is 9.45 Å². The smallest absolute Gasteiger partial charge is 0.0916 e. The Kier molecular flexibility index (Phi) is 12.3. The van der Waals surface area contributed by atoms with Gasteiger partial charge in [-0.05, 0) is 31.6 Å². The summed E-state index contributed by atoms with van der Waals surface area (Å²) < 4.78 is 27.2. The summed E-state index contributed by atoms with van der Waals surface area (Å²) in [5.41, 5.74) is 0. The fourth-order valence-corrected chi connectivity index (χ4v) is 2.75. The molecule has 0 unspecified atom stereocenters. The highest BCUT2D eigenvalue weighted by Gasteiger charge is 2.17. The lowest BCUT2D eigenvalue weighted by Gasteiger charge is -2.27. The van der Waals surface area contributed by atoms with Gasteiger partial charge in [0.25, 0.3) is 0 Å². The van der Waals surface area contributed by atoms with E-state index in [-0.39, 0.29) is 0 Å². The molecule has 0 radical (unpaired) electrons. The minimum atomic E-state index is -3.92. The number of unbranched alkanes of at least 4 members (excludes halogenated alkanes) is 6. The first-order valence-corrected chi connectivity index (χ1v) is 10.4. The van der Waals surface area contributed by atoms with E-state index in [1.165, 1.54) is 77.4 Å². The summed E-state index contributed by atoms with van der Waals surface area (Å²) in [7, 11) is -3.92. The molecule has 0 aromatic carbocycles. The van der Waals surface area contributed by atoms with Crippen molar-refractivity contribution in [2.75, 3.05) is 25.9 Å². The first-order valence-electron chi connectivity index (χ1n) is 8.57. The van der Waals surface area contributed by atoms with E-state index in [4.69, 9.17) is 13.0 Å². The third-order valence-electron chi connectivity index (χ3n) is 4.12. The molecule has 0 aromatic heterocycles. The Morgan fingerprint density at radius 2 is 1.43 bits per heavy atom. The first-order chi connectivity index (χ1) is 9.83. The van der Waals surface area contributed by atoms with Crippen LogP contribution in [0.5, 0.6) is 0 Å². The number of rotatable bonds is 8. The Hall–Kier alpha value is -0.130. The lowest BCUT2D eigenvalue weighted by Crippen LogP contribution is -3.13. The number of nitrogens with one attached hydrogen (secondary N) is 1. The second-order valence-corrected chi connectivity index (χ2v) is 7.92. The van der Waals surface area contributed by atoms with Gasteiger partial charge in [0.1, 0.15) is 0 Å². The van der Waals surface area contributed by atoms with Gasteiger partial charge in [-0.3, -0.25) is 0 Å². The van der Waals surface area contributed by atoms with E-state index < -0.39 is 10.1 Å². The Labute approximate surface area is 132 Å². The highest BCUT2D eigenvalue weighted by molar-refractivity contribution is 7.84. The highest BCUT2D eigenvalue weighted by atomic mass is 32.2. The zero-order valence-corrected chi connectivity index (χ0v) is 15.0. The number of hydrogen-bond acceptors (Lipinski definition) is 3. The van der Waals surface area contributed by atoms with Crippen molar-refractivity contribution in [1.82, 2.24) is 0 Å². The second-order valence-electron chi connectivity index (χ2n) is 6.51. The van der Waals surface area contributed by atoms with Gasteiger partial charge in [0.15, 0.2) is 0 Å². The molecular weight excluding hydrogens is 286 g/mol. The molecule has 1 saturated heterocycles. The Morgan fingerprint density at radius 3 is 1.90 bits per heavy atom. The van der Waals surface area contributed by atoms with Crippen molar-refractivity contribution in [2.45, 2.75) is 71.6 Å². The van der Waals surface area contributed by atoms with Crippen LogP contribution in [0.15, 0.2) is 0 Å². The van der Waals surface area contributed by atoms with Crippen molar-refractivity contribution in [2.24, 2.45) is 5.92 Å². The topological polar surface area (TPSA) is 61.6 Å². The largest absolute Gasteiger partial charge is 0.748 e. The predicted molar refractivity (Wildman–Crippen MR) is 87.6 cm³/mol. The quantitative estimate of drug-likeness (QED) is 0.551. The molecule has 21 heavy (non-hydrogen) atoms. The normalized spacial score (nSPS) is 22.5. The van der Waals surface area contributed by atoms with Gasteiger partial charge in [-0.2, -0.15) is 0 Å². The minimum Gasteiger partial charge on any atom is -0.748 e. The van der Waals surface area contributed by atoms with Crippen LogP contribution >= 0.6 is 0 Å². The lowest BCUT2D eigenvalue weighted by molar-refractivity contribution is -0.906. The van der Waals surface area contributed by atoms with Crippen LogP contribution in [0, 0.1) is 5.92 Å². The Balaban J connectivity index is 0.000000690. The molecule has 0 aliphatic carbocycles. The molecular formula is C16H35NO3S. The molecule has 0 aromatic rings. The third-order valence-corrected chi connectivity index (χ3v) is 4.12. The summed E-state index contributed by atoms with van der Waals surface area (Å²) >= 11 is 0. The monoisotopic (exact) mass is 321 g/mol. The van der Waals surface area contributed by atoms with E-state index in [1.807, 2.05) is 4.90 Å². The van der Waals surface area contributed by atoms with E-state index in [0.29, 0.717) is 6.26 Å². The van der Waals surface area contributed by atoms with E-state index in [1.54, 1.807) is 0 Å². The van der Waals surface area contributed by atoms with Gasteiger partial charge in [-0.15, -0.1) is 0 Å². The first kappa shape index (κ1) is 20.9. The number of piperidine rings is 1. The van der Waals surface area contributed by atoms with E-state index in [9.17, 15) is 0 Å². The molecule has 1 fully saturated rings. The maximum Gasteiger partial charge on any atom is 0.0916 e. The van der Waals surface area contributed by atoms with Crippen LogP contribution in [0.25, 0.3) is 0 Å². The molecule has 1 rings (SSSR count). The van der Waals surface area contributed by atoms with Crippen LogP contribution in [-0.4, -0.2) is 38.9 Å². The molecule has 0 saturated carbocycles. The molecule has 1 heterocycles. The molecule has 1 aliphatic rings. The summed E-state index contributed by atoms with van der Waals surface area (Å²) in [6.07, 6.45) is 13.7. The van der Waals surface area contributed by atoms with Crippen LogP contribution < -0.4 is 4.90 Å². The minimum absolute atomic E-state index is 0.604. The maximum atomic E-state index is 9.08. The van der Waals surface area contributed by atoms with E-state index >= 15 is 0 Å². The summed E-state index contributed by atoms with van der Waals surface area (Å²) in [4.78, 5) is 1.88. The second kappa shape index (κ2) is 12.4. The molecule has 128 valence electrons. The van der Waals surface area contributed by atoms with Crippen LogP contribution in [-0.2, 0) is 10.1 Å². The molecule has 0 amide bonds. The molecule has 5 heteroatoms. The van der Waals surface area contributed by atoms with Crippen LogP contribution in [0.3, 0.4) is 0 Å². The van der Waals surface area contributed by atoms with Crippen LogP contribution in [0.2, 0.25) is 0 Å². The standard InChI is InChI=1S/C15H31N.CH4O3S/c1-3-4-5-6-7-8-9-12-16-13-10-15(2)11-14-16;1-5(2,3)4/h15H,3-14H2,1-2H3;1H3,(H,2,3,4). The van der Waals surface area contributed by atoms with Crippen LogP contribution in [0.1, 0.15) is 71.6 Å². The summed E-state index contributed by atoms with van der Waals surface area (Å²) in [6.45, 7) is 9.03. The van der Waals surface area contributed by atoms with Crippen molar-refractivity contribution in [3.63, 3.8) is 0 Å². The van der Waals surface area contributed by atoms with Crippen molar-refractivity contribution >= 4 is 10.1 Å². The summed E-state index contributed by atoms with van der Waals surface area (Å²) in [5, 5.41) is 0. The summed E-state index contributed by atoms with van der Waals surface area (Å²) in [5.74, 6) is 0.998. The van der Waals surface area contributed by atoms with Gasteiger partial charge in [-0.1, -0.05) is 46.0 Å². The SMILES string of the molecule is CCCCCCCCC[NH+]1CCC(C)CC1.CS(=O)(=O)[O-]. The summed E-state index contributed by atoms with van der Waals surface area (Å²) in [6, 6.07) is 0. The Morgan fingerprint density at radius 1 is 1.00 bits per heavy atom. The molecule has 1 N–H and O–H groups in total. The maximum absolute atomic E-state index is 9.08. The fourth-order valence-electron chi connectivity index (χ4n) is 2.75. The molecule has 1 aliphatic heterocycles. The molecule has 0 atom stereocenters. The van der Waals surface area contributed by atoms with Gasteiger partial charge in [-0.25, -0.2) is 8.42 Å². The number of likely N-dealkylation sites (tertiary alicyclic amines) is 1. The van der Waals surface area contributed by atoms with Gasteiger partial charge in [0, 0.05) is 6.26 Å². The zero-order valence-electron chi connectivity index (χ0n) is 14.2. The Bertz CT molecular complexity index is 314. The van der Waals surface area contributed by atoms with E-state index in [2.05, 4.69) is 13.8 Å². The molecule has 0 bridgehead atoms. The van der Waals surface area contributed by atoms with Crippen molar-refractivity contribution in [3.05, 3.63) is 0 Å². The molecule has 4 nitrogen and oxygen atoms in total. The lowest BCUT2D eigenvalue weighted by atomic mass is 9.99. The van der Waals surface area contributed by atoms with E-state index in [0.717, 1.165) is 5.92 Å². The average Bonchev–Trinajstić information content (AvgIpc) is 2.38.